The van der Waals surface area contributed by atoms with Gasteiger partial charge < -0.3 is 9.73 Å². The van der Waals surface area contributed by atoms with Gasteiger partial charge in [-0.15, -0.1) is 0 Å². The van der Waals surface area contributed by atoms with Crippen LogP contribution in [0.5, 0.6) is 0 Å². The van der Waals surface area contributed by atoms with E-state index >= 15 is 0 Å². The van der Waals surface area contributed by atoms with Crippen LogP contribution in [0.4, 0.5) is 0 Å². The maximum Gasteiger partial charge on any atom is 0.133 e. The molecule has 14 heavy (non-hydrogen) atoms. The van der Waals surface area contributed by atoms with Gasteiger partial charge in [-0.05, 0) is 24.3 Å². The fourth-order valence-electron chi connectivity index (χ4n) is 1.71. The van der Waals surface area contributed by atoms with Crippen LogP contribution in [0.15, 0.2) is 39.9 Å². The van der Waals surface area contributed by atoms with Crippen molar-refractivity contribution in [3.05, 3.63) is 36.1 Å². The summed E-state index contributed by atoms with van der Waals surface area (Å²) in [5, 5.41) is 4.37. The minimum atomic E-state index is 0.874. The number of amidine groups is 1. The van der Waals surface area contributed by atoms with Gasteiger partial charge in [-0.2, -0.15) is 0 Å². The van der Waals surface area contributed by atoms with Crippen molar-refractivity contribution in [3.63, 3.8) is 0 Å². The van der Waals surface area contributed by atoms with Crippen molar-refractivity contribution < 1.29 is 4.42 Å². The Kier molecular flexibility index (Phi) is 1.56. The Bertz CT molecular complexity index is 499. The first-order valence-electron chi connectivity index (χ1n) is 4.69. The predicted molar refractivity (Wildman–Crippen MR) is 55.6 cm³/mol. The molecule has 70 valence electrons. The molecule has 3 heteroatoms. The van der Waals surface area contributed by atoms with Gasteiger partial charge in [0.2, 0.25) is 0 Å². The summed E-state index contributed by atoms with van der Waals surface area (Å²) in [6, 6.07) is 8.07. The smallest absolute Gasteiger partial charge is 0.133 e. The van der Waals surface area contributed by atoms with E-state index in [2.05, 4.69) is 16.4 Å². The van der Waals surface area contributed by atoms with Crippen LogP contribution in [0.2, 0.25) is 0 Å². The summed E-state index contributed by atoms with van der Waals surface area (Å²) in [4.78, 5) is 4.37. The molecule has 0 fully saturated rings. The van der Waals surface area contributed by atoms with E-state index in [4.69, 9.17) is 4.42 Å². The third-order valence-electron chi connectivity index (χ3n) is 2.40. The number of furan rings is 1. The number of rotatable bonds is 1. The summed E-state index contributed by atoms with van der Waals surface area (Å²) >= 11 is 0. The lowest BCUT2D eigenvalue weighted by molar-refractivity contribution is 0.616. The number of hydrogen-bond acceptors (Lipinski definition) is 3. The quantitative estimate of drug-likeness (QED) is 0.737. The Labute approximate surface area is 81.4 Å². The molecule has 0 unspecified atom stereocenters. The van der Waals surface area contributed by atoms with E-state index in [-0.39, 0.29) is 0 Å². The minimum absolute atomic E-state index is 0.874. The van der Waals surface area contributed by atoms with E-state index in [1.165, 1.54) is 0 Å². The Balaban J connectivity index is 2.13. The zero-order chi connectivity index (χ0) is 9.38. The van der Waals surface area contributed by atoms with Crippen LogP contribution in [-0.2, 0) is 0 Å². The normalized spacial score (nSPS) is 15.6. The second-order valence-corrected chi connectivity index (χ2v) is 3.33. The van der Waals surface area contributed by atoms with E-state index < -0.39 is 0 Å². The number of hydrogen-bond donors (Lipinski definition) is 1. The van der Waals surface area contributed by atoms with Gasteiger partial charge in [-0.3, -0.25) is 4.99 Å². The van der Waals surface area contributed by atoms with Gasteiger partial charge in [0, 0.05) is 17.5 Å². The third-order valence-corrected chi connectivity index (χ3v) is 2.40. The van der Waals surface area contributed by atoms with Crippen molar-refractivity contribution in [1.29, 1.82) is 0 Å². The van der Waals surface area contributed by atoms with Crippen LogP contribution in [0.3, 0.4) is 0 Å². The lowest BCUT2D eigenvalue weighted by Gasteiger charge is -2.01. The molecule has 2 heterocycles. The number of benzene rings is 1. The monoisotopic (exact) mass is 186 g/mol. The molecule has 0 saturated carbocycles. The number of nitrogens with one attached hydrogen (secondary N) is 1. The molecule has 0 radical (unpaired) electrons. The molecule has 0 atom stereocenters. The van der Waals surface area contributed by atoms with E-state index in [0.29, 0.717) is 0 Å². The average molecular weight is 186 g/mol. The lowest BCUT2D eigenvalue weighted by atomic mass is 10.1. The molecule has 1 aromatic carbocycles. The Morgan fingerprint density at radius 2 is 2.29 bits per heavy atom. The van der Waals surface area contributed by atoms with Gasteiger partial charge in [0.05, 0.1) is 12.8 Å². The molecule has 1 aliphatic rings. The summed E-state index contributed by atoms with van der Waals surface area (Å²) in [7, 11) is 0. The van der Waals surface area contributed by atoms with Gasteiger partial charge in [-0.25, -0.2) is 0 Å². The van der Waals surface area contributed by atoms with E-state index in [1.54, 1.807) is 6.26 Å². The van der Waals surface area contributed by atoms with Gasteiger partial charge in [0.15, 0.2) is 0 Å². The second kappa shape index (κ2) is 2.87. The van der Waals surface area contributed by atoms with Crippen LogP contribution in [0.25, 0.3) is 11.0 Å². The van der Waals surface area contributed by atoms with Crippen molar-refractivity contribution in [1.82, 2.24) is 5.32 Å². The van der Waals surface area contributed by atoms with Crippen molar-refractivity contribution in [2.24, 2.45) is 4.99 Å². The van der Waals surface area contributed by atoms with Crippen LogP contribution in [0, 0.1) is 0 Å². The summed E-state index contributed by atoms with van der Waals surface area (Å²) in [5.41, 5.74) is 2.06. The Morgan fingerprint density at radius 1 is 1.29 bits per heavy atom. The molecule has 0 spiro atoms. The highest BCUT2D eigenvalue weighted by atomic mass is 16.3. The zero-order valence-corrected chi connectivity index (χ0v) is 7.66. The topological polar surface area (TPSA) is 37.5 Å². The SMILES string of the molecule is c1cc2cc(C3=NCCN3)ccc2o1. The summed E-state index contributed by atoms with van der Waals surface area (Å²) in [6.45, 7) is 1.82. The van der Waals surface area contributed by atoms with E-state index in [0.717, 1.165) is 35.5 Å². The molecule has 3 nitrogen and oxygen atoms in total. The van der Waals surface area contributed by atoms with Crippen molar-refractivity contribution in [2.45, 2.75) is 0 Å². The van der Waals surface area contributed by atoms with Crippen LogP contribution in [-0.4, -0.2) is 18.9 Å². The second-order valence-electron chi connectivity index (χ2n) is 3.33. The van der Waals surface area contributed by atoms with E-state index in [9.17, 15) is 0 Å². The first kappa shape index (κ1) is 7.62. The van der Waals surface area contributed by atoms with Gasteiger partial charge in [0.25, 0.3) is 0 Å². The molecule has 1 N–H and O–H groups in total. The maximum absolute atomic E-state index is 5.28. The average Bonchev–Trinajstić information content (AvgIpc) is 2.88. The summed E-state index contributed by atoms with van der Waals surface area (Å²) in [6.07, 6.45) is 1.71. The summed E-state index contributed by atoms with van der Waals surface area (Å²) < 4.78 is 5.28. The summed E-state index contributed by atoms with van der Waals surface area (Å²) in [5.74, 6) is 0.994. The number of nitrogens with zero attached hydrogens (tertiary/aromatic N) is 1. The highest BCUT2D eigenvalue weighted by Crippen LogP contribution is 2.17. The minimum Gasteiger partial charge on any atom is -0.464 e. The molecule has 2 aromatic rings. The zero-order valence-electron chi connectivity index (χ0n) is 7.66. The highest BCUT2D eigenvalue weighted by molar-refractivity contribution is 6.02. The number of aliphatic imine (C=N–C) groups is 1. The maximum atomic E-state index is 5.28. The first-order valence-corrected chi connectivity index (χ1v) is 4.69. The van der Waals surface area contributed by atoms with Crippen LogP contribution < -0.4 is 5.32 Å². The predicted octanol–water partition coefficient (Wildman–Crippen LogP) is 1.78. The van der Waals surface area contributed by atoms with Crippen molar-refractivity contribution in [3.8, 4) is 0 Å². The molecule has 3 rings (SSSR count). The Hall–Kier alpha value is -1.77. The fraction of sp³-hybridized carbons (Fsp3) is 0.182. The first-order chi connectivity index (χ1) is 6.93. The van der Waals surface area contributed by atoms with Crippen molar-refractivity contribution in [2.75, 3.05) is 13.1 Å². The Morgan fingerprint density at radius 3 is 3.14 bits per heavy atom. The molecule has 1 aromatic heterocycles. The largest absolute Gasteiger partial charge is 0.464 e. The standard InChI is InChI=1S/C11H10N2O/c1-2-10-8(3-6-14-10)7-9(1)11-12-4-5-13-11/h1-3,6-7H,4-5H2,(H,12,13). The lowest BCUT2D eigenvalue weighted by Crippen LogP contribution is -2.19. The number of fused-ring (bicyclic) bond motifs is 1. The molecule has 1 aliphatic heterocycles. The molecular weight excluding hydrogens is 176 g/mol. The van der Waals surface area contributed by atoms with Gasteiger partial charge >= 0.3 is 0 Å². The fourth-order valence-corrected chi connectivity index (χ4v) is 1.71. The van der Waals surface area contributed by atoms with Gasteiger partial charge in [0.1, 0.15) is 11.4 Å². The molecule has 0 amide bonds. The molecule has 0 bridgehead atoms. The molecular formula is C11H10N2O. The molecule has 0 saturated heterocycles. The van der Waals surface area contributed by atoms with E-state index in [1.807, 2.05) is 18.2 Å². The van der Waals surface area contributed by atoms with Crippen LogP contribution in [0.1, 0.15) is 5.56 Å². The van der Waals surface area contributed by atoms with Crippen molar-refractivity contribution >= 4 is 16.8 Å². The molecule has 0 aliphatic carbocycles. The van der Waals surface area contributed by atoms with Gasteiger partial charge in [-0.1, -0.05) is 0 Å². The highest BCUT2D eigenvalue weighted by Gasteiger charge is 2.08. The third kappa shape index (κ3) is 1.09. The van der Waals surface area contributed by atoms with Crippen LogP contribution >= 0.6 is 0 Å².